The van der Waals surface area contributed by atoms with Crippen LogP contribution in [0.15, 0.2) is 41.3 Å². The molecule has 0 saturated carbocycles. The van der Waals surface area contributed by atoms with Crippen molar-refractivity contribution in [3.63, 3.8) is 0 Å². The van der Waals surface area contributed by atoms with Crippen molar-refractivity contribution in [2.75, 3.05) is 5.32 Å². The van der Waals surface area contributed by atoms with Gasteiger partial charge in [-0.25, -0.2) is 0 Å². The molecule has 2 aromatic carbocycles. The van der Waals surface area contributed by atoms with Crippen molar-refractivity contribution in [2.24, 2.45) is 0 Å². The van der Waals surface area contributed by atoms with Gasteiger partial charge in [0.2, 0.25) is 0 Å². The van der Waals surface area contributed by atoms with Gasteiger partial charge in [-0.05, 0) is 55.7 Å². The maximum absolute atomic E-state index is 12.3. The van der Waals surface area contributed by atoms with Gasteiger partial charge in [-0.3, -0.25) is 4.79 Å². The summed E-state index contributed by atoms with van der Waals surface area (Å²) >= 11 is 4.28. The van der Waals surface area contributed by atoms with Crippen molar-refractivity contribution in [1.29, 1.82) is 0 Å². The van der Waals surface area contributed by atoms with Gasteiger partial charge in [0.15, 0.2) is 0 Å². The van der Waals surface area contributed by atoms with E-state index in [0.717, 1.165) is 27.3 Å². The summed E-state index contributed by atoms with van der Waals surface area (Å²) in [4.78, 5) is 13.1. The molecule has 0 aliphatic carbocycles. The highest BCUT2D eigenvalue weighted by molar-refractivity contribution is 7.80. The summed E-state index contributed by atoms with van der Waals surface area (Å²) in [6.07, 6.45) is 0. The predicted octanol–water partition coefficient (Wildman–Crippen LogP) is 4.15. The number of thiol groups is 1. The van der Waals surface area contributed by atoms with Crippen molar-refractivity contribution < 1.29 is 4.79 Å². The van der Waals surface area contributed by atoms with Gasteiger partial charge in [0.05, 0.1) is 0 Å². The largest absolute Gasteiger partial charge is 0.322 e. The molecule has 0 radical (unpaired) electrons. The molecule has 2 nitrogen and oxygen atoms in total. The van der Waals surface area contributed by atoms with Crippen molar-refractivity contribution in [3.8, 4) is 0 Å². The van der Waals surface area contributed by atoms with Gasteiger partial charge in [0, 0.05) is 16.1 Å². The number of anilines is 1. The second kappa shape index (κ2) is 5.49. The van der Waals surface area contributed by atoms with E-state index in [1.807, 2.05) is 51.1 Å². The Morgan fingerprint density at radius 2 is 1.79 bits per heavy atom. The Kier molecular flexibility index (Phi) is 3.96. The lowest BCUT2D eigenvalue weighted by Crippen LogP contribution is -2.14. The Labute approximate surface area is 119 Å². The molecule has 3 heteroatoms. The van der Waals surface area contributed by atoms with E-state index in [2.05, 4.69) is 17.9 Å². The summed E-state index contributed by atoms with van der Waals surface area (Å²) in [7, 11) is 0. The van der Waals surface area contributed by atoms with Crippen LogP contribution in [0.1, 0.15) is 27.0 Å². The SMILES string of the molecule is Cc1ccc(S)cc1C(=O)Nc1cccc(C)c1C. The number of nitrogens with one attached hydrogen (secondary N) is 1. The number of hydrogen-bond donors (Lipinski definition) is 2. The van der Waals surface area contributed by atoms with E-state index in [1.165, 1.54) is 0 Å². The Morgan fingerprint density at radius 1 is 1.05 bits per heavy atom. The Bertz CT molecular complexity index is 635. The minimum Gasteiger partial charge on any atom is -0.322 e. The molecule has 0 saturated heterocycles. The number of hydrogen-bond acceptors (Lipinski definition) is 2. The number of aryl methyl sites for hydroxylation is 2. The summed E-state index contributed by atoms with van der Waals surface area (Å²) < 4.78 is 0. The number of carbonyl (C=O) groups is 1. The molecule has 0 unspecified atom stereocenters. The zero-order chi connectivity index (χ0) is 14.0. The topological polar surface area (TPSA) is 29.1 Å². The van der Waals surface area contributed by atoms with Crippen LogP contribution in [0, 0.1) is 20.8 Å². The molecule has 2 rings (SSSR count). The Balaban J connectivity index is 2.31. The Morgan fingerprint density at radius 3 is 2.53 bits per heavy atom. The molecule has 0 atom stereocenters. The predicted molar refractivity (Wildman–Crippen MR) is 82.3 cm³/mol. The van der Waals surface area contributed by atoms with E-state index >= 15 is 0 Å². The lowest BCUT2D eigenvalue weighted by molar-refractivity contribution is 0.102. The molecule has 0 spiro atoms. The minimum absolute atomic E-state index is 0.0953. The fraction of sp³-hybridized carbons (Fsp3) is 0.188. The van der Waals surface area contributed by atoms with Crippen LogP contribution >= 0.6 is 12.6 Å². The van der Waals surface area contributed by atoms with Crippen molar-refractivity contribution in [1.82, 2.24) is 0 Å². The van der Waals surface area contributed by atoms with Crippen LogP contribution in [0.4, 0.5) is 5.69 Å². The first-order valence-electron chi connectivity index (χ1n) is 6.16. The van der Waals surface area contributed by atoms with E-state index in [0.29, 0.717) is 5.56 Å². The lowest BCUT2D eigenvalue weighted by atomic mass is 10.1. The minimum atomic E-state index is -0.0953. The molecule has 0 aliphatic heterocycles. The third kappa shape index (κ3) is 2.99. The maximum atomic E-state index is 12.3. The highest BCUT2D eigenvalue weighted by atomic mass is 32.1. The number of amides is 1. The van der Waals surface area contributed by atoms with Crippen molar-refractivity contribution in [2.45, 2.75) is 25.7 Å². The quantitative estimate of drug-likeness (QED) is 0.789. The average molecular weight is 271 g/mol. The third-order valence-corrected chi connectivity index (χ3v) is 3.60. The van der Waals surface area contributed by atoms with Gasteiger partial charge in [0.25, 0.3) is 5.91 Å². The van der Waals surface area contributed by atoms with E-state index in [-0.39, 0.29) is 5.91 Å². The molecule has 0 aliphatic rings. The molecule has 0 aromatic heterocycles. The summed E-state index contributed by atoms with van der Waals surface area (Å²) in [5.74, 6) is -0.0953. The second-order valence-corrected chi connectivity index (χ2v) is 5.22. The molecule has 0 fully saturated rings. The molecule has 2 aromatic rings. The summed E-state index contributed by atoms with van der Waals surface area (Å²) in [5, 5.41) is 2.96. The zero-order valence-electron chi connectivity index (χ0n) is 11.3. The fourth-order valence-corrected chi connectivity index (χ4v) is 2.13. The van der Waals surface area contributed by atoms with Crippen LogP contribution in [0.5, 0.6) is 0 Å². The first-order valence-corrected chi connectivity index (χ1v) is 6.61. The standard InChI is InChI=1S/C16H17NOS/c1-10-5-4-6-15(12(10)3)17-16(18)14-9-13(19)8-7-11(14)2/h4-9,19H,1-3H3,(H,17,18). The van der Waals surface area contributed by atoms with Gasteiger partial charge < -0.3 is 5.32 Å². The lowest BCUT2D eigenvalue weighted by Gasteiger charge is -2.12. The molecule has 1 N–H and O–H groups in total. The van der Waals surface area contributed by atoms with E-state index in [9.17, 15) is 4.79 Å². The van der Waals surface area contributed by atoms with E-state index in [1.54, 1.807) is 6.07 Å². The molecule has 0 heterocycles. The number of rotatable bonds is 2. The van der Waals surface area contributed by atoms with Crippen LogP contribution in [0.2, 0.25) is 0 Å². The average Bonchev–Trinajstić information content (AvgIpc) is 2.38. The highest BCUT2D eigenvalue weighted by Crippen LogP contribution is 2.20. The normalized spacial score (nSPS) is 10.3. The Hall–Kier alpha value is -1.74. The van der Waals surface area contributed by atoms with Crippen molar-refractivity contribution in [3.05, 3.63) is 58.7 Å². The van der Waals surface area contributed by atoms with Gasteiger partial charge in [-0.2, -0.15) is 0 Å². The molecule has 0 bridgehead atoms. The number of benzene rings is 2. The smallest absolute Gasteiger partial charge is 0.255 e. The second-order valence-electron chi connectivity index (χ2n) is 4.70. The van der Waals surface area contributed by atoms with Gasteiger partial charge in [-0.1, -0.05) is 18.2 Å². The van der Waals surface area contributed by atoms with E-state index in [4.69, 9.17) is 0 Å². The van der Waals surface area contributed by atoms with Crippen LogP contribution < -0.4 is 5.32 Å². The monoisotopic (exact) mass is 271 g/mol. The highest BCUT2D eigenvalue weighted by Gasteiger charge is 2.11. The van der Waals surface area contributed by atoms with Crippen molar-refractivity contribution >= 4 is 24.2 Å². The first kappa shape index (κ1) is 13.7. The van der Waals surface area contributed by atoms with Crippen LogP contribution in [-0.4, -0.2) is 5.91 Å². The summed E-state index contributed by atoms with van der Waals surface area (Å²) in [6.45, 7) is 5.96. The van der Waals surface area contributed by atoms with Gasteiger partial charge in [-0.15, -0.1) is 12.6 Å². The third-order valence-electron chi connectivity index (χ3n) is 3.32. The summed E-state index contributed by atoms with van der Waals surface area (Å²) in [5.41, 5.74) is 4.72. The van der Waals surface area contributed by atoms with Gasteiger partial charge >= 0.3 is 0 Å². The number of carbonyl (C=O) groups excluding carboxylic acids is 1. The van der Waals surface area contributed by atoms with E-state index < -0.39 is 0 Å². The van der Waals surface area contributed by atoms with Crippen LogP contribution in [-0.2, 0) is 0 Å². The first-order chi connectivity index (χ1) is 8.99. The molecular weight excluding hydrogens is 254 g/mol. The maximum Gasteiger partial charge on any atom is 0.255 e. The van der Waals surface area contributed by atoms with Crippen LogP contribution in [0.25, 0.3) is 0 Å². The molecule has 1 amide bonds. The van der Waals surface area contributed by atoms with Crippen LogP contribution in [0.3, 0.4) is 0 Å². The fourth-order valence-electron chi connectivity index (χ4n) is 1.93. The summed E-state index contributed by atoms with van der Waals surface area (Å²) in [6, 6.07) is 11.5. The van der Waals surface area contributed by atoms with Gasteiger partial charge in [0.1, 0.15) is 0 Å². The molecular formula is C16H17NOS. The zero-order valence-corrected chi connectivity index (χ0v) is 12.2. The molecule has 98 valence electrons. The molecule has 19 heavy (non-hydrogen) atoms.